The summed E-state index contributed by atoms with van der Waals surface area (Å²) >= 11 is 0. The lowest BCUT2D eigenvalue weighted by Gasteiger charge is -2.24. The van der Waals surface area contributed by atoms with Crippen LogP contribution in [0.25, 0.3) is 11.1 Å². The van der Waals surface area contributed by atoms with Crippen molar-refractivity contribution in [2.24, 2.45) is 5.92 Å². The molecule has 1 amide bonds. The number of hydrogen-bond donors (Lipinski definition) is 1. The summed E-state index contributed by atoms with van der Waals surface area (Å²) in [7, 11) is 0. The third kappa shape index (κ3) is 3.99. The maximum atomic E-state index is 12.6. The van der Waals surface area contributed by atoms with E-state index in [9.17, 15) is 4.79 Å². The van der Waals surface area contributed by atoms with Gasteiger partial charge in [-0.1, -0.05) is 68.8 Å². The van der Waals surface area contributed by atoms with Crippen LogP contribution in [0.4, 0.5) is 4.79 Å². The van der Waals surface area contributed by atoms with E-state index in [1.807, 2.05) is 24.3 Å². The fourth-order valence-electron chi connectivity index (χ4n) is 3.91. The molecule has 29 heavy (non-hydrogen) atoms. The highest BCUT2D eigenvalue weighted by Gasteiger charge is 2.29. The number of carbonyl (C=O) groups excluding carboxylic acids is 1. The molecule has 0 fully saturated rings. The lowest BCUT2D eigenvalue weighted by atomic mass is 9.98. The zero-order valence-electron chi connectivity index (χ0n) is 16.7. The van der Waals surface area contributed by atoms with Crippen molar-refractivity contribution >= 4 is 6.09 Å². The van der Waals surface area contributed by atoms with Gasteiger partial charge in [0.25, 0.3) is 0 Å². The molecule has 2 atom stereocenters. The van der Waals surface area contributed by atoms with Crippen LogP contribution in [0.15, 0.2) is 54.9 Å². The molecule has 1 N–H and O–H groups in total. The van der Waals surface area contributed by atoms with E-state index in [1.54, 1.807) is 11.0 Å². The van der Waals surface area contributed by atoms with E-state index >= 15 is 0 Å². The number of benzene rings is 2. The van der Waals surface area contributed by atoms with E-state index in [2.05, 4.69) is 59.0 Å². The molecule has 0 radical (unpaired) electrons. The Bertz CT molecular complexity index is 927. The number of rotatable bonds is 7. The number of fused-ring (bicyclic) bond motifs is 3. The van der Waals surface area contributed by atoms with Gasteiger partial charge < -0.3 is 10.1 Å². The maximum absolute atomic E-state index is 12.6. The minimum atomic E-state index is -0.412. The lowest BCUT2D eigenvalue weighted by molar-refractivity contribution is 0.133. The third-order valence-electron chi connectivity index (χ3n) is 5.75. The van der Waals surface area contributed by atoms with Gasteiger partial charge in [-0.05, 0) is 38.6 Å². The smallest absolute Gasteiger partial charge is 0.407 e. The van der Waals surface area contributed by atoms with Crippen LogP contribution in [0.3, 0.4) is 0 Å². The highest BCUT2D eigenvalue weighted by Crippen LogP contribution is 2.44. The van der Waals surface area contributed by atoms with Crippen LogP contribution in [-0.2, 0) is 11.3 Å². The monoisotopic (exact) mass is 391 g/mol. The van der Waals surface area contributed by atoms with Crippen molar-refractivity contribution in [2.75, 3.05) is 6.61 Å². The van der Waals surface area contributed by atoms with Gasteiger partial charge in [0.2, 0.25) is 0 Å². The third-order valence-corrected chi connectivity index (χ3v) is 5.75. The fraction of sp³-hybridized carbons (Fsp3) is 0.364. The molecule has 1 heterocycles. The van der Waals surface area contributed by atoms with Crippen molar-refractivity contribution in [3.63, 3.8) is 0 Å². The van der Waals surface area contributed by atoms with Gasteiger partial charge in [0.05, 0.1) is 12.6 Å². The Morgan fingerprint density at radius 2 is 1.79 bits per heavy atom. The molecule has 7 nitrogen and oxygen atoms in total. The summed E-state index contributed by atoms with van der Waals surface area (Å²) in [6, 6.07) is 16.5. The first-order valence-electron chi connectivity index (χ1n) is 9.99. The summed E-state index contributed by atoms with van der Waals surface area (Å²) in [6.45, 7) is 5.00. The molecule has 0 saturated heterocycles. The van der Waals surface area contributed by atoms with E-state index in [-0.39, 0.29) is 17.9 Å². The quantitative estimate of drug-likeness (QED) is 0.665. The minimum absolute atomic E-state index is 0.0507. The van der Waals surface area contributed by atoms with Gasteiger partial charge in [0.1, 0.15) is 12.9 Å². The first kappa shape index (κ1) is 19.1. The fourth-order valence-corrected chi connectivity index (χ4v) is 3.91. The standard InChI is InChI=1S/C22H25N5O2/c1-3-15(2)21(12-27-14-23-25-26-27)24-22(28)29-13-20-18-10-6-4-8-16(18)17-9-5-7-11-19(17)20/h4-11,14-15,20-21H,3,12-13H2,1-2H3,(H,24,28)/t15-,21+/m0/s1. The number of carbonyl (C=O) groups is 1. The van der Waals surface area contributed by atoms with Crippen LogP contribution in [0.5, 0.6) is 0 Å². The number of ether oxygens (including phenoxy) is 1. The molecule has 150 valence electrons. The van der Waals surface area contributed by atoms with Gasteiger partial charge in [-0.2, -0.15) is 0 Å². The van der Waals surface area contributed by atoms with Crippen LogP contribution in [0.1, 0.15) is 37.3 Å². The van der Waals surface area contributed by atoms with Gasteiger partial charge in [-0.25, -0.2) is 9.48 Å². The lowest BCUT2D eigenvalue weighted by Crippen LogP contribution is -2.43. The predicted octanol–water partition coefficient (Wildman–Crippen LogP) is 3.63. The van der Waals surface area contributed by atoms with Crippen LogP contribution < -0.4 is 5.32 Å². The van der Waals surface area contributed by atoms with Crippen molar-refractivity contribution in [3.05, 3.63) is 66.0 Å². The summed E-state index contributed by atoms with van der Waals surface area (Å²) in [5, 5.41) is 14.2. The van der Waals surface area contributed by atoms with Crippen molar-refractivity contribution < 1.29 is 9.53 Å². The number of aromatic nitrogens is 4. The normalized spacial score (nSPS) is 14.7. The van der Waals surface area contributed by atoms with Crippen molar-refractivity contribution in [2.45, 2.75) is 38.8 Å². The first-order chi connectivity index (χ1) is 14.2. The van der Waals surface area contributed by atoms with Crippen LogP contribution >= 0.6 is 0 Å². The zero-order valence-corrected chi connectivity index (χ0v) is 16.7. The highest BCUT2D eigenvalue weighted by molar-refractivity contribution is 5.79. The molecule has 0 aliphatic heterocycles. The summed E-state index contributed by atoms with van der Waals surface area (Å²) in [4.78, 5) is 12.6. The average molecular weight is 391 g/mol. The molecule has 1 aliphatic rings. The SMILES string of the molecule is CC[C@H](C)[C@@H](Cn1cnnn1)NC(=O)OCC1c2ccccc2-c2ccccc21. The second-order valence-corrected chi connectivity index (χ2v) is 7.49. The van der Waals surface area contributed by atoms with Crippen molar-refractivity contribution in [1.29, 1.82) is 0 Å². The molecule has 0 bridgehead atoms. The summed E-state index contributed by atoms with van der Waals surface area (Å²) < 4.78 is 7.30. The minimum Gasteiger partial charge on any atom is -0.449 e. The molecule has 7 heteroatoms. The predicted molar refractivity (Wildman–Crippen MR) is 109 cm³/mol. The molecule has 3 aromatic rings. The Morgan fingerprint density at radius 3 is 2.38 bits per heavy atom. The number of nitrogens with zero attached hydrogens (tertiary/aromatic N) is 4. The zero-order chi connectivity index (χ0) is 20.2. The van der Waals surface area contributed by atoms with Gasteiger partial charge in [0.15, 0.2) is 0 Å². The summed E-state index contributed by atoms with van der Waals surface area (Å²) in [6.07, 6.45) is 2.07. The molecule has 0 unspecified atom stereocenters. The Kier molecular flexibility index (Phi) is 5.55. The van der Waals surface area contributed by atoms with Gasteiger partial charge >= 0.3 is 6.09 Å². The number of amides is 1. The van der Waals surface area contributed by atoms with Gasteiger partial charge in [0, 0.05) is 5.92 Å². The molecular weight excluding hydrogens is 366 g/mol. The van der Waals surface area contributed by atoms with Crippen LogP contribution in [0, 0.1) is 5.92 Å². The first-order valence-corrected chi connectivity index (χ1v) is 9.99. The highest BCUT2D eigenvalue weighted by atomic mass is 16.5. The molecule has 1 aliphatic carbocycles. The number of tetrazole rings is 1. The Hall–Kier alpha value is -3.22. The number of nitrogens with one attached hydrogen (secondary N) is 1. The molecule has 0 spiro atoms. The van der Waals surface area contributed by atoms with Crippen LogP contribution in [0.2, 0.25) is 0 Å². The molecule has 2 aromatic carbocycles. The van der Waals surface area contributed by atoms with E-state index in [4.69, 9.17) is 4.74 Å². The number of alkyl carbamates (subject to hydrolysis) is 1. The molecule has 1 aromatic heterocycles. The topological polar surface area (TPSA) is 81.9 Å². The molecule has 4 rings (SSSR count). The second-order valence-electron chi connectivity index (χ2n) is 7.49. The molecule has 0 saturated carbocycles. The van der Waals surface area contributed by atoms with E-state index < -0.39 is 6.09 Å². The Balaban J connectivity index is 1.44. The molecular formula is C22H25N5O2. The van der Waals surface area contributed by atoms with Crippen molar-refractivity contribution in [1.82, 2.24) is 25.5 Å². The summed E-state index contributed by atoms with van der Waals surface area (Å²) in [5.41, 5.74) is 4.84. The maximum Gasteiger partial charge on any atom is 0.407 e. The van der Waals surface area contributed by atoms with Gasteiger partial charge in [-0.3, -0.25) is 0 Å². The Labute approximate surface area is 170 Å². The summed E-state index contributed by atoms with van der Waals surface area (Å²) in [5.74, 6) is 0.314. The number of hydrogen-bond acceptors (Lipinski definition) is 5. The Morgan fingerprint density at radius 1 is 1.14 bits per heavy atom. The van der Waals surface area contributed by atoms with Crippen molar-refractivity contribution in [3.8, 4) is 11.1 Å². The van der Waals surface area contributed by atoms with E-state index in [1.165, 1.54) is 22.3 Å². The largest absolute Gasteiger partial charge is 0.449 e. The van der Waals surface area contributed by atoms with E-state index in [0.29, 0.717) is 13.2 Å². The van der Waals surface area contributed by atoms with Gasteiger partial charge in [-0.15, -0.1) is 5.10 Å². The van der Waals surface area contributed by atoms with E-state index in [0.717, 1.165) is 6.42 Å². The average Bonchev–Trinajstić information content (AvgIpc) is 3.37. The van der Waals surface area contributed by atoms with Crippen LogP contribution in [-0.4, -0.2) is 38.9 Å². The second kappa shape index (κ2) is 8.43.